The van der Waals surface area contributed by atoms with Crippen LogP contribution in [0.5, 0.6) is 11.5 Å². The van der Waals surface area contributed by atoms with E-state index in [9.17, 15) is 24.6 Å². The van der Waals surface area contributed by atoms with Gasteiger partial charge in [0.1, 0.15) is 17.5 Å². The number of rotatable bonds is 21. The standard InChI is InChI=1S/C53H70N4O9Si/c1-52(2,3)67(5,6)66-46(44-21-22-45(58)49-50(44)64-36-47(59)55-49)33-54-26-28-56(4)48(60)25-30-63-29-24-38-19-17-37(18-20-38)23-27-57-34-39-31-43(32-40(39)35-57)65-51(61)53(62,41-13-9-7-10-14-41)42-15-11-8-12-16-42/h7-22,39-40,43,46,54,58,62H,23-36H2,1-6H3,(H,55,59)/t39-,40-,46+/m1/s1. The molecule has 67 heavy (non-hydrogen) atoms. The lowest BCUT2D eigenvalue weighted by atomic mass is 9.86. The number of nitrogens with zero attached hydrogens (tertiary/aromatic N) is 2. The van der Waals surface area contributed by atoms with Crippen molar-refractivity contribution in [3.05, 3.63) is 125 Å². The third-order valence-corrected chi connectivity index (χ3v) is 18.7. The number of likely N-dealkylation sites (tertiary alicyclic amines) is 1. The molecule has 3 aliphatic rings. The first-order valence-electron chi connectivity index (χ1n) is 23.8. The van der Waals surface area contributed by atoms with Crippen molar-refractivity contribution in [3.8, 4) is 11.5 Å². The highest BCUT2D eigenvalue weighted by molar-refractivity contribution is 6.74. The first kappa shape index (κ1) is 49.8. The lowest BCUT2D eigenvalue weighted by Gasteiger charge is -2.40. The molecule has 1 saturated heterocycles. The van der Waals surface area contributed by atoms with Crippen molar-refractivity contribution in [1.82, 2.24) is 15.1 Å². The second kappa shape index (κ2) is 21.9. The second-order valence-electron chi connectivity index (χ2n) is 20.0. The maximum Gasteiger partial charge on any atom is 0.347 e. The third kappa shape index (κ3) is 12.3. The molecule has 2 heterocycles. The van der Waals surface area contributed by atoms with E-state index >= 15 is 0 Å². The number of carbonyl (C=O) groups excluding carboxylic acids is 3. The lowest BCUT2D eigenvalue weighted by Crippen LogP contribution is -2.44. The van der Waals surface area contributed by atoms with Crippen LogP contribution in [0.1, 0.15) is 74.0 Å². The van der Waals surface area contributed by atoms with Crippen LogP contribution in [0.2, 0.25) is 18.1 Å². The molecular formula is C53H70N4O9Si. The Kier molecular flexibility index (Phi) is 16.3. The summed E-state index contributed by atoms with van der Waals surface area (Å²) in [6.07, 6.45) is 3.04. The van der Waals surface area contributed by atoms with Gasteiger partial charge >= 0.3 is 5.97 Å². The molecule has 2 amide bonds. The van der Waals surface area contributed by atoms with E-state index in [1.54, 1.807) is 48.3 Å². The zero-order chi connectivity index (χ0) is 47.8. The molecule has 1 aliphatic carbocycles. The molecule has 13 nitrogen and oxygen atoms in total. The van der Waals surface area contributed by atoms with Crippen LogP contribution < -0.4 is 15.4 Å². The highest BCUT2D eigenvalue weighted by Crippen LogP contribution is 2.46. The molecule has 0 spiro atoms. The molecule has 0 aromatic heterocycles. The maximum atomic E-state index is 13.7. The van der Waals surface area contributed by atoms with Crippen molar-refractivity contribution >= 4 is 31.8 Å². The van der Waals surface area contributed by atoms with Crippen molar-refractivity contribution in [2.75, 3.05) is 71.5 Å². The monoisotopic (exact) mass is 934 g/mol. The van der Waals surface area contributed by atoms with Gasteiger partial charge in [-0.25, -0.2) is 4.79 Å². The molecule has 4 aromatic rings. The minimum absolute atomic E-state index is 0.0114. The fourth-order valence-corrected chi connectivity index (χ4v) is 10.5. The number of phenolic OH excluding ortho intramolecular Hbond substituents is 1. The molecule has 0 bridgehead atoms. The number of benzene rings is 4. The summed E-state index contributed by atoms with van der Waals surface area (Å²) in [5, 5.41) is 28.4. The summed E-state index contributed by atoms with van der Waals surface area (Å²) in [5.41, 5.74) is 2.65. The minimum atomic E-state index is -2.24. The normalized spacial score (nSPS) is 18.2. The average molecular weight is 935 g/mol. The first-order valence-corrected chi connectivity index (χ1v) is 26.8. The highest BCUT2D eigenvalue weighted by atomic mass is 28.4. The molecule has 0 unspecified atom stereocenters. The number of phenols is 1. The molecule has 2 aliphatic heterocycles. The minimum Gasteiger partial charge on any atom is -0.506 e. The molecule has 4 N–H and O–H groups in total. The van der Waals surface area contributed by atoms with Crippen LogP contribution in [0.3, 0.4) is 0 Å². The van der Waals surface area contributed by atoms with E-state index in [2.05, 4.69) is 73.7 Å². The van der Waals surface area contributed by atoms with Gasteiger partial charge in [-0.15, -0.1) is 0 Å². The predicted molar refractivity (Wildman–Crippen MR) is 261 cm³/mol. The van der Waals surface area contributed by atoms with Crippen molar-refractivity contribution in [3.63, 3.8) is 0 Å². The van der Waals surface area contributed by atoms with Gasteiger partial charge < -0.3 is 49.3 Å². The number of hydrogen-bond acceptors (Lipinski definition) is 11. The molecule has 360 valence electrons. The van der Waals surface area contributed by atoms with E-state index in [1.165, 1.54) is 11.1 Å². The number of fused-ring (bicyclic) bond motifs is 2. The Morgan fingerprint density at radius 1 is 0.896 bits per heavy atom. The summed E-state index contributed by atoms with van der Waals surface area (Å²) >= 11 is 0. The number of esters is 1. The molecule has 0 radical (unpaired) electrons. The molecular weight excluding hydrogens is 865 g/mol. The Balaban J connectivity index is 0.777. The van der Waals surface area contributed by atoms with Gasteiger partial charge in [0.2, 0.25) is 11.5 Å². The summed E-state index contributed by atoms with van der Waals surface area (Å²) in [7, 11) is -0.444. The fourth-order valence-electron chi connectivity index (χ4n) is 9.20. The largest absolute Gasteiger partial charge is 0.506 e. The van der Waals surface area contributed by atoms with Gasteiger partial charge in [0.15, 0.2) is 20.7 Å². The van der Waals surface area contributed by atoms with Crippen LogP contribution in [0.25, 0.3) is 0 Å². The number of carbonyl (C=O) groups is 3. The van der Waals surface area contributed by atoms with E-state index in [1.807, 2.05) is 36.4 Å². The molecule has 3 atom stereocenters. The highest BCUT2D eigenvalue weighted by Gasteiger charge is 2.47. The predicted octanol–water partition coefficient (Wildman–Crippen LogP) is 7.22. The smallest absolute Gasteiger partial charge is 0.347 e. The molecule has 1 saturated carbocycles. The zero-order valence-corrected chi connectivity index (χ0v) is 41.1. The number of hydrogen-bond donors (Lipinski definition) is 4. The van der Waals surface area contributed by atoms with Gasteiger partial charge in [0, 0.05) is 51.9 Å². The summed E-state index contributed by atoms with van der Waals surface area (Å²) in [6, 6.07) is 30.2. The summed E-state index contributed by atoms with van der Waals surface area (Å²) < 4.78 is 24.6. The summed E-state index contributed by atoms with van der Waals surface area (Å²) in [5.74, 6) is 0.384. The first-order chi connectivity index (χ1) is 32.0. The van der Waals surface area contributed by atoms with Gasteiger partial charge in [0.25, 0.3) is 5.91 Å². The quantitative estimate of drug-likeness (QED) is 0.0290. The number of ether oxygens (including phenoxy) is 3. The topological polar surface area (TPSA) is 159 Å². The Morgan fingerprint density at radius 2 is 1.51 bits per heavy atom. The van der Waals surface area contributed by atoms with E-state index in [-0.39, 0.29) is 41.0 Å². The SMILES string of the molecule is CN(CCNC[C@H](O[Si](C)(C)C(C)(C)C)c1ccc(O)c2c1OCC(=O)N2)C(=O)CCOCCc1ccc(CCN2C[C@H]3CC(OC(=O)C(O)(c4ccccc4)c4ccccc4)C[C@@H]3C2)cc1. The van der Waals surface area contributed by atoms with E-state index in [0.29, 0.717) is 68.0 Å². The number of aromatic hydroxyl groups is 1. The third-order valence-electron chi connectivity index (χ3n) is 14.2. The Bertz CT molecular complexity index is 2240. The molecule has 14 heteroatoms. The number of amides is 2. The Hall–Kier alpha value is -5.09. The van der Waals surface area contributed by atoms with E-state index < -0.39 is 26.0 Å². The van der Waals surface area contributed by atoms with Crippen LogP contribution in [-0.2, 0) is 46.7 Å². The van der Waals surface area contributed by atoms with E-state index in [4.69, 9.17) is 18.6 Å². The van der Waals surface area contributed by atoms with Gasteiger partial charge in [-0.1, -0.05) is 106 Å². The fraction of sp³-hybridized carbons (Fsp3) is 0.491. The maximum absolute atomic E-state index is 13.7. The number of aliphatic hydroxyl groups is 1. The number of anilines is 1. The van der Waals surface area contributed by atoms with Crippen molar-refractivity contribution in [1.29, 1.82) is 0 Å². The lowest BCUT2D eigenvalue weighted by molar-refractivity contribution is -0.168. The summed E-state index contributed by atoms with van der Waals surface area (Å²) in [6.45, 7) is 16.1. The van der Waals surface area contributed by atoms with Gasteiger partial charge in [-0.05, 0) is 90.0 Å². The number of likely N-dealkylation sites (N-methyl/N-ethyl adjacent to an activating group) is 1. The Morgan fingerprint density at radius 3 is 2.12 bits per heavy atom. The molecule has 4 aromatic carbocycles. The van der Waals surface area contributed by atoms with Crippen LogP contribution >= 0.6 is 0 Å². The van der Waals surface area contributed by atoms with Crippen LogP contribution in [0.15, 0.2) is 97.1 Å². The van der Waals surface area contributed by atoms with Crippen molar-refractivity contribution in [2.24, 2.45) is 11.8 Å². The van der Waals surface area contributed by atoms with Crippen LogP contribution in [-0.4, -0.2) is 118 Å². The van der Waals surface area contributed by atoms with Crippen molar-refractivity contribution in [2.45, 2.75) is 88.8 Å². The second-order valence-corrected chi connectivity index (χ2v) is 24.8. The number of nitrogens with one attached hydrogen (secondary N) is 2. The average Bonchev–Trinajstić information content (AvgIpc) is 3.88. The van der Waals surface area contributed by atoms with Gasteiger partial charge in [-0.3, -0.25) is 9.59 Å². The zero-order valence-electron chi connectivity index (χ0n) is 40.1. The van der Waals surface area contributed by atoms with Crippen LogP contribution in [0, 0.1) is 11.8 Å². The molecule has 2 fully saturated rings. The Labute approximate surface area is 397 Å². The van der Waals surface area contributed by atoms with E-state index in [0.717, 1.165) is 50.9 Å². The molecule has 7 rings (SSSR count). The van der Waals surface area contributed by atoms with Gasteiger partial charge in [0.05, 0.1) is 25.7 Å². The van der Waals surface area contributed by atoms with Gasteiger partial charge in [-0.2, -0.15) is 0 Å². The van der Waals surface area contributed by atoms with Crippen molar-refractivity contribution < 1.29 is 43.2 Å². The summed E-state index contributed by atoms with van der Waals surface area (Å²) in [4.78, 5) is 42.9. The van der Waals surface area contributed by atoms with Crippen LogP contribution in [0.4, 0.5) is 5.69 Å².